The van der Waals surface area contributed by atoms with Gasteiger partial charge in [0, 0.05) is 18.3 Å². The topological polar surface area (TPSA) is 25.2 Å². The van der Waals surface area contributed by atoms with E-state index >= 15 is 0 Å². The number of nitrogens with zero attached hydrogens (tertiary/aromatic N) is 1. The highest BCUT2D eigenvalue weighted by molar-refractivity contribution is 6.30. The number of hydrogen-bond donors (Lipinski definition) is 1. The molecule has 2 aromatic carbocycles. The van der Waals surface area contributed by atoms with Crippen molar-refractivity contribution >= 4 is 22.5 Å². The number of rotatable bonds is 3. The minimum Gasteiger partial charge on any atom is -0.392 e. The van der Waals surface area contributed by atoms with E-state index in [0.29, 0.717) is 6.54 Å². The first-order chi connectivity index (χ1) is 9.67. The molecule has 0 bridgehead atoms. The van der Waals surface area contributed by atoms with Crippen molar-refractivity contribution in [2.75, 3.05) is 0 Å². The van der Waals surface area contributed by atoms with Crippen LogP contribution in [0.1, 0.15) is 11.1 Å². The summed E-state index contributed by atoms with van der Waals surface area (Å²) in [6, 6.07) is 12.6. The van der Waals surface area contributed by atoms with Crippen LogP contribution in [0, 0.1) is 5.82 Å². The Morgan fingerprint density at radius 1 is 1.05 bits per heavy atom. The maximum absolute atomic E-state index is 13.2. The first-order valence-corrected chi connectivity index (χ1v) is 6.68. The summed E-state index contributed by atoms with van der Waals surface area (Å²) in [7, 11) is 0. The Labute approximate surface area is 121 Å². The lowest BCUT2D eigenvalue weighted by atomic mass is 10.1. The van der Waals surface area contributed by atoms with E-state index in [1.54, 1.807) is 12.1 Å². The minimum absolute atomic E-state index is 0.0364. The normalized spacial score (nSPS) is 11.2. The van der Waals surface area contributed by atoms with Crippen molar-refractivity contribution in [1.82, 2.24) is 4.57 Å². The molecule has 0 saturated heterocycles. The molecule has 0 fully saturated rings. The Kier molecular flexibility index (Phi) is 3.47. The minimum atomic E-state index is -0.402. The molecule has 2 nitrogen and oxygen atoms in total. The predicted molar refractivity (Wildman–Crippen MR) is 78.4 cm³/mol. The third-order valence-corrected chi connectivity index (χ3v) is 3.64. The number of aliphatic hydroxyl groups is 1. The van der Waals surface area contributed by atoms with E-state index in [0.717, 1.165) is 22.0 Å². The lowest BCUT2D eigenvalue weighted by Gasteiger charge is -2.07. The summed E-state index contributed by atoms with van der Waals surface area (Å²) in [4.78, 5) is 0. The van der Waals surface area contributed by atoms with Crippen molar-refractivity contribution in [3.63, 3.8) is 0 Å². The summed E-state index contributed by atoms with van der Waals surface area (Å²) in [6.45, 7) is 0.663. The van der Waals surface area contributed by atoms with Crippen molar-refractivity contribution in [1.29, 1.82) is 0 Å². The molecule has 4 heteroatoms. The zero-order chi connectivity index (χ0) is 14.1. The Morgan fingerprint density at radius 2 is 1.85 bits per heavy atom. The molecule has 0 aliphatic carbocycles. The monoisotopic (exact) mass is 289 g/mol. The molecular weight excluding hydrogens is 277 g/mol. The molecule has 0 saturated carbocycles. The summed E-state index contributed by atoms with van der Waals surface area (Å²) >= 11 is 5.80. The summed E-state index contributed by atoms with van der Waals surface area (Å²) in [6.07, 6.45) is 1.98. The Balaban J connectivity index is 1.96. The molecule has 0 radical (unpaired) electrons. The average molecular weight is 290 g/mol. The second kappa shape index (κ2) is 5.27. The van der Waals surface area contributed by atoms with Crippen LogP contribution < -0.4 is 0 Å². The van der Waals surface area contributed by atoms with Crippen LogP contribution in [0.15, 0.2) is 48.7 Å². The summed E-state index contributed by atoms with van der Waals surface area (Å²) in [5.41, 5.74) is 2.91. The van der Waals surface area contributed by atoms with Gasteiger partial charge in [-0.3, -0.25) is 0 Å². The molecule has 3 aromatic rings. The zero-order valence-electron chi connectivity index (χ0n) is 10.7. The van der Waals surface area contributed by atoms with E-state index in [1.165, 1.54) is 6.07 Å². The van der Waals surface area contributed by atoms with E-state index in [4.69, 9.17) is 16.7 Å². The average Bonchev–Trinajstić information content (AvgIpc) is 2.85. The van der Waals surface area contributed by atoms with E-state index < -0.39 is 5.82 Å². The quantitative estimate of drug-likeness (QED) is 0.775. The van der Waals surface area contributed by atoms with Crippen molar-refractivity contribution in [3.05, 3.63) is 70.6 Å². The van der Waals surface area contributed by atoms with Gasteiger partial charge in [-0.15, -0.1) is 0 Å². The van der Waals surface area contributed by atoms with E-state index in [2.05, 4.69) is 4.57 Å². The Bertz CT molecular complexity index is 766. The summed E-state index contributed by atoms with van der Waals surface area (Å²) in [5, 5.41) is 10.4. The third-order valence-electron chi connectivity index (χ3n) is 3.35. The van der Waals surface area contributed by atoms with E-state index in [9.17, 15) is 4.39 Å². The first-order valence-electron chi connectivity index (χ1n) is 6.30. The SMILES string of the molecule is OCc1ccc2c(ccn2Cc2ccc(F)c(Cl)c2)c1. The van der Waals surface area contributed by atoms with Crippen LogP contribution in [0.4, 0.5) is 4.39 Å². The number of halogens is 2. The molecule has 0 aliphatic rings. The molecule has 20 heavy (non-hydrogen) atoms. The fourth-order valence-electron chi connectivity index (χ4n) is 2.32. The van der Waals surface area contributed by atoms with Crippen LogP contribution in [0.2, 0.25) is 5.02 Å². The zero-order valence-corrected chi connectivity index (χ0v) is 11.4. The van der Waals surface area contributed by atoms with Gasteiger partial charge in [-0.05, 0) is 46.8 Å². The van der Waals surface area contributed by atoms with Crippen molar-refractivity contribution < 1.29 is 9.50 Å². The van der Waals surface area contributed by atoms with Crippen LogP contribution >= 0.6 is 11.6 Å². The molecule has 0 aliphatic heterocycles. The highest BCUT2D eigenvalue weighted by Crippen LogP contribution is 2.21. The smallest absolute Gasteiger partial charge is 0.141 e. The van der Waals surface area contributed by atoms with Gasteiger partial charge >= 0.3 is 0 Å². The van der Waals surface area contributed by atoms with E-state index in [-0.39, 0.29) is 11.6 Å². The highest BCUT2D eigenvalue weighted by atomic mass is 35.5. The maximum Gasteiger partial charge on any atom is 0.141 e. The largest absolute Gasteiger partial charge is 0.392 e. The fourth-order valence-corrected chi connectivity index (χ4v) is 2.52. The van der Waals surface area contributed by atoms with Crippen molar-refractivity contribution in [2.45, 2.75) is 13.2 Å². The maximum atomic E-state index is 13.2. The van der Waals surface area contributed by atoms with Gasteiger partial charge < -0.3 is 9.67 Å². The predicted octanol–water partition coefficient (Wildman–Crippen LogP) is 3.97. The summed E-state index contributed by atoms with van der Waals surface area (Å²) < 4.78 is 15.2. The molecular formula is C16H13ClFNO. The number of benzene rings is 2. The standard InChI is InChI=1S/C16H13ClFNO/c17-14-8-11(1-3-15(14)18)9-19-6-5-13-7-12(10-20)2-4-16(13)19/h1-8,20H,9-10H2. The number of aromatic nitrogens is 1. The summed E-state index contributed by atoms with van der Waals surface area (Å²) in [5.74, 6) is -0.402. The molecule has 102 valence electrons. The van der Waals surface area contributed by atoms with Gasteiger partial charge in [-0.1, -0.05) is 23.7 Å². The molecule has 0 atom stereocenters. The molecule has 0 unspecified atom stereocenters. The van der Waals surface area contributed by atoms with Gasteiger partial charge in [-0.25, -0.2) is 4.39 Å². The van der Waals surface area contributed by atoms with Crippen molar-refractivity contribution in [2.24, 2.45) is 0 Å². The molecule has 0 amide bonds. The van der Waals surface area contributed by atoms with Gasteiger partial charge in [0.05, 0.1) is 11.6 Å². The molecule has 3 rings (SSSR count). The van der Waals surface area contributed by atoms with Crippen LogP contribution in [0.5, 0.6) is 0 Å². The molecule has 1 N–H and O–H groups in total. The van der Waals surface area contributed by atoms with Crippen molar-refractivity contribution in [3.8, 4) is 0 Å². The Morgan fingerprint density at radius 3 is 2.60 bits per heavy atom. The van der Waals surface area contributed by atoms with Gasteiger partial charge in [0.25, 0.3) is 0 Å². The second-order valence-electron chi connectivity index (χ2n) is 4.74. The van der Waals surface area contributed by atoms with Gasteiger partial charge in [0.1, 0.15) is 5.82 Å². The lowest BCUT2D eigenvalue weighted by Crippen LogP contribution is -1.98. The fraction of sp³-hybridized carbons (Fsp3) is 0.125. The van der Waals surface area contributed by atoms with Crippen LogP contribution in [0.25, 0.3) is 10.9 Å². The Hall–Kier alpha value is -1.84. The van der Waals surface area contributed by atoms with Crippen LogP contribution in [-0.2, 0) is 13.2 Å². The van der Waals surface area contributed by atoms with Crippen LogP contribution in [-0.4, -0.2) is 9.67 Å². The first kappa shape index (κ1) is 13.2. The second-order valence-corrected chi connectivity index (χ2v) is 5.15. The van der Waals surface area contributed by atoms with Gasteiger partial charge in [-0.2, -0.15) is 0 Å². The van der Waals surface area contributed by atoms with Gasteiger partial charge in [0.15, 0.2) is 0 Å². The lowest BCUT2D eigenvalue weighted by molar-refractivity contribution is 0.282. The van der Waals surface area contributed by atoms with Gasteiger partial charge in [0.2, 0.25) is 0 Å². The number of fused-ring (bicyclic) bond motifs is 1. The number of hydrogen-bond acceptors (Lipinski definition) is 1. The van der Waals surface area contributed by atoms with E-state index in [1.807, 2.05) is 30.5 Å². The number of aliphatic hydroxyl groups excluding tert-OH is 1. The molecule has 1 heterocycles. The molecule has 1 aromatic heterocycles. The third kappa shape index (κ3) is 2.42. The molecule has 0 spiro atoms. The van der Waals surface area contributed by atoms with Crippen LogP contribution in [0.3, 0.4) is 0 Å². The highest BCUT2D eigenvalue weighted by Gasteiger charge is 2.05.